The highest BCUT2D eigenvalue weighted by atomic mass is 35.5. The van der Waals surface area contributed by atoms with Gasteiger partial charge in [0.1, 0.15) is 11.6 Å². The predicted octanol–water partition coefficient (Wildman–Crippen LogP) is 4.12. The Morgan fingerprint density at radius 2 is 1.92 bits per heavy atom. The van der Waals surface area contributed by atoms with Gasteiger partial charge >= 0.3 is 0 Å². The van der Waals surface area contributed by atoms with Gasteiger partial charge in [0, 0.05) is 48.4 Å². The van der Waals surface area contributed by atoms with Crippen LogP contribution in [0.5, 0.6) is 5.75 Å². The first kappa shape index (κ1) is 19.8. The number of nitrogens with zero attached hydrogens (tertiary/aromatic N) is 2. The third-order valence-corrected chi connectivity index (χ3v) is 4.13. The number of aromatic nitrogens is 2. The van der Waals surface area contributed by atoms with Crippen LogP contribution >= 0.6 is 24.8 Å². The van der Waals surface area contributed by atoms with E-state index in [1.165, 1.54) is 0 Å². The number of fused-ring (bicyclic) bond motifs is 1. The molecule has 3 aromatic rings. The van der Waals surface area contributed by atoms with E-state index in [0.29, 0.717) is 13.2 Å². The van der Waals surface area contributed by atoms with E-state index in [1.54, 1.807) is 12.4 Å². The molecule has 0 saturated carbocycles. The third-order valence-electron chi connectivity index (χ3n) is 4.13. The van der Waals surface area contributed by atoms with Crippen LogP contribution in [0.3, 0.4) is 0 Å². The third kappa shape index (κ3) is 4.00. The summed E-state index contributed by atoms with van der Waals surface area (Å²) in [6.07, 6.45) is 6.28. The Kier molecular flexibility index (Phi) is 6.66. The van der Waals surface area contributed by atoms with Crippen molar-refractivity contribution < 1.29 is 4.74 Å². The van der Waals surface area contributed by atoms with Crippen molar-refractivity contribution in [1.29, 1.82) is 0 Å². The number of nitrogens with two attached hydrogens (primary N) is 1. The van der Waals surface area contributed by atoms with E-state index in [-0.39, 0.29) is 24.8 Å². The molecule has 0 bridgehead atoms. The molecule has 7 heteroatoms. The van der Waals surface area contributed by atoms with E-state index in [4.69, 9.17) is 10.5 Å². The fraction of sp³-hybridized carbons (Fsp3) is 0.158. The van der Waals surface area contributed by atoms with E-state index < -0.39 is 0 Å². The Balaban J connectivity index is 0.00000121. The van der Waals surface area contributed by atoms with Gasteiger partial charge in [-0.15, -0.1) is 24.8 Å². The Bertz CT molecular complexity index is 875. The molecule has 1 aliphatic rings. The summed E-state index contributed by atoms with van der Waals surface area (Å²) in [5.41, 5.74) is 10.9. The van der Waals surface area contributed by atoms with Gasteiger partial charge in [0.25, 0.3) is 0 Å². The molecule has 0 aliphatic carbocycles. The standard InChI is InChI=1S/C19H18N4O.2ClH/c20-15-3-1-2-13(10-15)11-22-19-16-6-9-24-18(16)17(12-23-19)14-4-7-21-8-5-14;;/h1-5,7-8,10,12H,6,9,11,20H2,(H,22,23);2*1H. The van der Waals surface area contributed by atoms with Crippen molar-refractivity contribution >= 4 is 36.3 Å². The van der Waals surface area contributed by atoms with Crippen LogP contribution in [0.15, 0.2) is 55.0 Å². The number of anilines is 2. The molecule has 0 radical (unpaired) electrons. The van der Waals surface area contributed by atoms with Gasteiger partial charge in [-0.1, -0.05) is 12.1 Å². The first-order chi connectivity index (χ1) is 11.8. The molecule has 1 aliphatic heterocycles. The molecule has 2 aromatic heterocycles. The number of nitrogen functional groups attached to an aromatic ring is 1. The van der Waals surface area contributed by atoms with Crippen LogP contribution in [-0.2, 0) is 13.0 Å². The lowest BCUT2D eigenvalue weighted by molar-refractivity contribution is 0.358. The summed E-state index contributed by atoms with van der Waals surface area (Å²) < 4.78 is 5.88. The van der Waals surface area contributed by atoms with E-state index in [0.717, 1.165) is 45.9 Å². The molecular formula is C19H20Cl2N4O. The quantitative estimate of drug-likeness (QED) is 0.655. The van der Waals surface area contributed by atoms with Crippen LogP contribution in [0, 0.1) is 0 Å². The van der Waals surface area contributed by atoms with Crippen molar-refractivity contribution in [1.82, 2.24) is 9.97 Å². The summed E-state index contributed by atoms with van der Waals surface area (Å²) >= 11 is 0. The zero-order valence-corrected chi connectivity index (χ0v) is 15.6. The normalized spacial score (nSPS) is 11.5. The Morgan fingerprint density at radius 3 is 2.69 bits per heavy atom. The molecule has 0 spiro atoms. The number of halogens is 2. The molecule has 3 N–H and O–H groups in total. The minimum absolute atomic E-state index is 0. The van der Waals surface area contributed by atoms with E-state index in [9.17, 15) is 0 Å². The second-order valence-electron chi connectivity index (χ2n) is 5.76. The maximum Gasteiger partial charge on any atom is 0.135 e. The van der Waals surface area contributed by atoms with Gasteiger partial charge < -0.3 is 15.8 Å². The lowest BCUT2D eigenvalue weighted by Gasteiger charge is -2.13. The zero-order chi connectivity index (χ0) is 16.4. The van der Waals surface area contributed by atoms with Crippen LogP contribution in [-0.4, -0.2) is 16.6 Å². The van der Waals surface area contributed by atoms with E-state index in [1.807, 2.05) is 42.6 Å². The first-order valence-electron chi connectivity index (χ1n) is 7.94. The summed E-state index contributed by atoms with van der Waals surface area (Å²) in [4.78, 5) is 8.69. The van der Waals surface area contributed by atoms with Gasteiger partial charge in [-0.3, -0.25) is 4.98 Å². The predicted molar refractivity (Wildman–Crippen MR) is 109 cm³/mol. The van der Waals surface area contributed by atoms with Crippen molar-refractivity contribution in [2.45, 2.75) is 13.0 Å². The average Bonchev–Trinajstić information content (AvgIpc) is 3.10. The van der Waals surface area contributed by atoms with E-state index in [2.05, 4.69) is 15.3 Å². The second kappa shape index (κ2) is 8.74. The molecule has 26 heavy (non-hydrogen) atoms. The summed E-state index contributed by atoms with van der Waals surface area (Å²) in [6.45, 7) is 1.37. The smallest absolute Gasteiger partial charge is 0.135 e. The number of hydrogen-bond acceptors (Lipinski definition) is 5. The topological polar surface area (TPSA) is 73.1 Å². The highest BCUT2D eigenvalue weighted by Crippen LogP contribution is 2.39. The zero-order valence-electron chi connectivity index (χ0n) is 14.0. The number of rotatable bonds is 4. The molecule has 0 saturated heterocycles. The first-order valence-corrected chi connectivity index (χ1v) is 7.94. The largest absolute Gasteiger partial charge is 0.492 e. The Morgan fingerprint density at radius 1 is 1.12 bits per heavy atom. The number of benzene rings is 1. The maximum absolute atomic E-state index is 5.88. The van der Waals surface area contributed by atoms with Crippen LogP contribution in [0.1, 0.15) is 11.1 Å². The molecule has 0 amide bonds. The lowest BCUT2D eigenvalue weighted by Crippen LogP contribution is -2.04. The Hall–Kier alpha value is -2.50. The average molecular weight is 391 g/mol. The molecule has 3 heterocycles. The summed E-state index contributed by atoms with van der Waals surface area (Å²) in [5, 5.41) is 3.41. The Labute approximate surface area is 164 Å². The summed E-state index contributed by atoms with van der Waals surface area (Å²) in [5.74, 6) is 1.80. The number of pyridine rings is 2. The van der Waals surface area contributed by atoms with Gasteiger partial charge in [-0.2, -0.15) is 0 Å². The minimum Gasteiger partial charge on any atom is -0.492 e. The molecule has 1 aromatic carbocycles. The number of hydrogen-bond donors (Lipinski definition) is 2. The van der Waals surface area contributed by atoms with Crippen LogP contribution in [0.4, 0.5) is 11.5 Å². The molecule has 0 atom stereocenters. The summed E-state index contributed by atoms with van der Waals surface area (Å²) in [7, 11) is 0. The van der Waals surface area contributed by atoms with Gasteiger partial charge in [-0.05, 0) is 35.4 Å². The van der Waals surface area contributed by atoms with Crippen LogP contribution < -0.4 is 15.8 Å². The van der Waals surface area contributed by atoms with Gasteiger partial charge in [-0.25, -0.2) is 4.98 Å². The lowest BCUT2D eigenvalue weighted by atomic mass is 10.0. The fourth-order valence-corrected chi connectivity index (χ4v) is 2.97. The van der Waals surface area contributed by atoms with Crippen molar-refractivity contribution in [3.8, 4) is 16.9 Å². The highest BCUT2D eigenvalue weighted by Gasteiger charge is 2.22. The SMILES string of the molecule is Cl.Cl.Nc1cccc(CNc2ncc(-c3ccncc3)c3c2CCO3)c1. The second-order valence-corrected chi connectivity index (χ2v) is 5.76. The molecule has 0 unspecified atom stereocenters. The van der Waals surface area contributed by atoms with Gasteiger partial charge in [0.15, 0.2) is 0 Å². The molecular weight excluding hydrogens is 371 g/mol. The fourth-order valence-electron chi connectivity index (χ4n) is 2.97. The van der Waals surface area contributed by atoms with Crippen LogP contribution in [0.2, 0.25) is 0 Å². The number of nitrogens with one attached hydrogen (secondary N) is 1. The van der Waals surface area contributed by atoms with Gasteiger partial charge in [0.05, 0.1) is 6.61 Å². The van der Waals surface area contributed by atoms with Crippen LogP contribution in [0.25, 0.3) is 11.1 Å². The van der Waals surface area contributed by atoms with Gasteiger partial charge in [0.2, 0.25) is 0 Å². The highest BCUT2D eigenvalue weighted by molar-refractivity contribution is 5.85. The maximum atomic E-state index is 5.88. The molecule has 4 rings (SSSR count). The van der Waals surface area contributed by atoms with Crippen molar-refractivity contribution in [3.63, 3.8) is 0 Å². The number of ether oxygens (including phenoxy) is 1. The van der Waals surface area contributed by atoms with Crippen molar-refractivity contribution in [2.24, 2.45) is 0 Å². The van der Waals surface area contributed by atoms with Crippen molar-refractivity contribution in [2.75, 3.05) is 17.7 Å². The monoisotopic (exact) mass is 390 g/mol. The van der Waals surface area contributed by atoms with E-state index >= 15 is 0 Å². The molecule has 136 valence electrons. The minimum atomic E-state index is 0. The molecule has 0 fully saturated rings. The van der Waals surface area contributed by atoms with Crippen molar-refractivity contribution in [3.05, 3.63) is 66.1 Å². The molecule has 5 nitrogen and oxygen atoms in total. The summed E-state index contributed by atoms with van der Waals surface area (Å²) in [6, 6.07) is 11.8.